The monoisotopic (exact) mass is 353 g/mol. The number of halogens is 2. The van der Waals surface area contributed by atoms with E-state index in [2.05, 4.69) is 48.7 Å². The predicted octanol–water partition coefficient (Wildman–Crippen LogP) is 3.44. The topological polar surface area (TPSA) is 29.1 Å². The zero-order valence-corrected chi connectivity index (χ0v) is 12.6. The van der Waals surface area contributed by atoms with Gasteiger partial charge in [-0.15, -0.1) is 12.4 Å². The highest BCUT2D eigenvalue weighted by molar-refractivity contribution is 14.1. The molecular weight excluding hydrogens is 336 g/mol. The Kier molecular flexibility index (Phi) is 6.51. The minimum Gasteiger partial charge on any atom is -0.294 e. The van der Waals surface area contributed by atoms with E-state index >= 15 is 0 Å². The number of alkyl halides is 1. The summed E-state index contributed by atoms with van der Waals surface area (Å²) in [5, 5.41) is 3.25. The van der Waals surface area contributed by atoms with Gasteiger partial charge in [0.15, 0.2) is 5.78 Å². The van der Waals surface area contributed by atoms with Crippen LogP contribution in [0.5, 0.6) is 0 Å². The quantitative estimate of drug-likeness (QED) is 0.390. The summed E-state index contributed by atoms with van der Waals surface area (Å²) in [7, 11) is 0. The van der Waals surface area contributed by atoms with Crippen LogP contribution in [-0.4, -0.2) is 15.4 Å². The van der Waals surface area contributed by atoms with Crippen LogP contribution in [0.4, 0.5) is 0 Å². The second-order valence-corrected chi connectivity index (χ2v) is 5.73. The minimum absolute atomic E-state index is 0. The first-order valence-corrected chi connectivity index (χ1v) is 6.16. The number of ketones is 1. The third-order valence-corrected chi connectivity index (χ3v) is 2.73. The lowest BCUT2D eigenvalue weighted by Crippen LogP contribution is -2.44. The Hall–Kier alpha value is -0.130. The van der Waals surface area contributed by atoms with Crippen molar-refractivity contribution in [3.8, 4) is 0 Å². The molecule has 0 fully saturated rings. The third-order valence-electron chi connectivity index (χ3n) is 1.85. The summed E-state index contributed by atoms with van der Waals surface area (Å²) in [5.74, 6) is 0.131. The highest BCUT2D eigenvalue weighted by Crippen LogP contribution is 2.12. The fourth-order valence-corrected chi connectivity index (χ4v) is 2.49. The molecule has 0 spiro atoms. The summed E-state index contributed by atoms with van der Waals surface area (Å²) in [6, 6.07) is 9.37. The van der Waals surface area contributed by atoms with Crippen molar-refractivity contribution in [3.63, 3.8) is 0 Å². The first kappa shape index (κ1) is 15.9. The number of benzene rings is 1. The van der Waals surface area contributed by atoms with E-state index in [4.69, 9.17) is 0 Å². The Morgan fingerprint density at radius 2 is 1.75 bits per heavy atom. The Labute approximate surface area is 117 Å². The van der Waals surface area contributed by atoms with Gasteiger partial charge in [-0.05, 0) is 20.8 Å². The predicted molar refractivity (Wildman–Crippen MR) is 78.7 cm³/mol. The van der Waals surface area contributed by atoms with Crippen LogP contribution in [0, 0.1) is 0 Å². The molecule has 16 heavy (non-hydrogen) atoms. The number of nitrogens with one attached hydrogen (secondary N) is 1. The Morgan fingerprint density at radius 3 is 2.19 bits per heavy atom. The molecule has 2 nitrogen and oxygen atoms in total. The second kappa shape index (κ2) is 6.57. The number of carbonyl (C=O) groups is 1. The molecule has 0 radical (unpaired) electrons. The van der Waals surface area contributed by atoms with Crippen molar-refractivity contribution in [2.24, 2.45) is 0 Å². The van der Waals surface area contributed by atoms with Gasteiger partial charge in [-0.1, -0.05) is 52.9 Å². The molecule has 90 valence electrons. The van der Waals surface area contributed by atoms with Gasteiger partial charge in [0.25, 0.3) is 0 Å². The second-order valence-electron chi connectivity index (χ2n) is 4.49. The van der Waals surface area contributed by atoms with Gasteiger partial charge >= 0.3 is 0 Å². The van der Waals surface area contributed by atoms with Crippen LogP contribution in [0.2, 0.25) is 0 Å². The van der Waals surface area contributed by atoms with Gasteiger partial charge in [-0.2, -0.15) is 0 Å². The number of carbonyl (C=O) groups excluding carboxylic acids is 1. The van der Waals surface area contributed by atoms with E-state index in [1.165, 1.54) is 0 Å². The zero-order valence-electron chi connectivity index (χ0n) is 9.66. The molecule has 0 saturated heterocycles. The fourth-order valence-electron chi connectivity index (χ4n) is 1.19. The van der Waals surface area contributed by atoms with Gasteiger partial charge < -0.3 is 0 Å². The number of hydrogen-bond donors (Lipinski definition) is 1. The van der Waals surface area contributed by atoms with E-state index in [-0.39, 0.29) is 27.8 Å². The molecule has 0 heterocycles. The molecule has 1 atom stereocenters. The molecule has 0 bridgehead atoms. The van der Waals surface area contributed by atoms with Crippen LogP contribution in [0.15, 0.2) is 30.3 Å². The molecule has 1 aromatic carbocycles. The van der Waals surface area contributed by atoms with Crippen molar-refractivity contribution in [1.82, 2.24) is 5.32 Å². The van der Waals surface area contributed by atoms with E-state index in [1.807, 2.05) is 30.3 Å². The lowest BCUT2D eigenvalue weighted by molar-refractivity contribution is 0.0974. The smallest absolute Gasteiger partial charge is 0.189 e. The molecule has 1 aromatic rings. The maximum atomic E-state index is 12.0. The Bertz CT molecular complexity index is 335. The number of Topliss-reactive ketones (excluding diaryl/α,β-unsaturated/α-hetero) is 1. The lowest BCUT2D eigenvalue weighted by atomic mass is 10.1. The minimum atomic E-state index is -0.176. The maximum Gasteiger partial charge on any atom is 0.189 e. The van der Waals surface area contributed by atoms with Gasteiger partial charge in [0.2, 0.25) is 0 Å². The molecule has 0 aliphatic rings. The molecule has 0 aromatic heterocycles. The third kappa shape index (κ3) is 5.27. The van der Waals surface area contributed by atoms with Crippen molar-refractivity contribution in [1.29, 1.82) is 0 Å². The van der Waals surface area contributed by atoms with E-state index in [0.717, 1.165) is 5.56 Å². The van der Waals surface area contributed by atoms with Crippen LogP contribution < -0.4 is 5.32 Å². The summed E-state index contributed by atoms with van der Waals surface area (Å²) >= 11 is 2.14. The zero-order chi connectivity index (χ0) is 11.5. The number of rotatable bonds is 3. The molecule has 0 aliphatic carbocycles. The van der Waals surface area contributed by atoms with Crippen LogP contribution >= 0.6 is 35.0 Å². The van der Waals surface area contributed by atoms with Crippen LogP contribution in [0.1, 0.15) is 31.1 Å². The average Bonchev–Trinajstić information content (AvgIpc) is 2.15. The first-order chi connectivity index (χ1) is 6.90. The molecule has 1 unspecified atom stereocenters. The van der Waals surface area contributed by atoms with Gasteiger partial charge in [-0.3, -0.25) is 10.1 Å². The largest absolute Gasteiger partial charge is 0.294 e. The van der Waals surface area contributed by atoms with Gasteiger partial charge in [0.05, 0.1) is 0 Å². The first-order valence-electron chi connectivity index (χ1n) is 4.91. The van der Waals surface area contributed by atoms with Crippen LogP contribution in [0.25, 0.3) is 0 Å². The van der Waals surface area contributed by atoms with E-state index in [1.54, 1.807) is 0 Å². The van der Waals surface area contributed by atoms with Crippen molar-refractivity contribution < 1.29 is 4.79 Å². The normalized spacial score (nSPS) is 12.8. The van der Waals surface area contributed by atoms with Crippen molar-refractivity contribution in [2.45, 2.75) is 30.4 Å². The fraction of sp³-hybridized carbons (Fsp3) is 0.417. The Balaban J connectivity index is 0.00000225. The number of hydrogen-bond acceptors (Lipinski definition) is 2. The molecule has 0 amide bonds. The lowest BCUT2D eigenvalue weighted by Gasteiger charge is -2.24. The Morgan fingerprint density at radius 1 is 1.25 bits per heavy atom. The molecule has 0 aliphatic heterocycles. The van der Waals surface area contributed by atoms with Gasteiger partial charge in [0.1, 0.15) is 4.05 Å². The maximum absolute atomic E-state index is 12.0. The van der Waals surface area contributed by atoms with Crippen molar-refractivity contribution in [2.75, 3.05) is 0 Å². The summed E-state index contributed by atoms with van der Waals surface area (Å²) in [6.07, 6.45) is 0. The van der Waals surface area contributed by atoms with Crippen LogP contribution in [0.3, 0.4) is 0 Å². The summed E-state index contributed by atoms with van der Waals surface area (Å²) < 4.78 is -0.176. The summed E-state index contributed by atoms with van der Waals surface area (Å²) in [5.41, 5.74) is 0.713. The molecule has 4 heteroatoms. The molecule has 1 N–H and O–H groups in total. The molecule has 1 rings (SSSR count). The summed E-state index contributed by atoms with van der Waals surface area (Å²) in [4.78, 5) is 12.0. The highest BCUT2D eigenvalue weighted by atomic mass is 127. The van der Waals surface area contributed by atoms with Gasteiger partial charge in [0, 0.05) is 11.1 Å². The van der Waals surface area contributed by atoms with Crippen molar-refractivity contribution in [3.05, 3.63) is 35.9 Å². The van der Waals surface area contributed by atoms with Crippen LogP contribution in [-0.2, 0) is 0 Å². The highest BCUT2D eigenvalue weighted by Gasteiger charge is 2.21. The average molecular weight is 354 g/mol. The van der Waals surface area contributed by atoms with Gasteiger partial charge in [-0.25, -0.2) is 0 Å². The van der Waals surface area contributed by atoms with E-state index in [9.17, 15) is 4.79 Å². The summed E-state index contributed by atoms with van der Waals surface area (Å²) in [6.45, 7) is 6.16. The standard InChI is InChI=1S/C12H16INO.ClH/c1-12(2,3)14-11(13)10(15)9-7-5-4-6-8-9;/h4-8,11,14H,1-3H3;1H. The molecular formula is C12H17ClINO. The van der Waals surface area contributed by atoms with Crippen molar-refractivity contribution >= 4 is 40.8 Å². The van der Waals surface area contributed by atoms with E-state index < -0.39 is 0 Å². The SMILES string of the molecule is CC(C)(C)NC(I)C(=O)c1ccccc1.Cl. The molecule has 0 saturated carbocycles. The van der Waals surface area contributed by atoms with E-state index in [0.29, 0.717) is 0 Å².